The third kappa shape index (κ3) is 3.90. The first-order valence-electron chi connectivity index (χ1n) is 7.72. The highest BCUT2D eigenvalue weighted by Crippen LogP contribution is 2.37. The lowest BCUT2D eigenvalue weighted by Gasteiger charge is -2.24. The van der Waals surface area contributed by atoms with E-state index in [0.29, 0.717) is 16.7 Å². The Kier molecular flexibility index (Phi) is 4.83. The van der Waals surface area contributed by atoms with Crippen molar-refractivity contribution >= 4 is 11.6 Å². The lowest BCUT2D eigenvalue weighted by molar-refractivity contribution is -0.137. The smallest absolute Gasteiger partial charge is 0.317 e. The second kappa shape index (κ2) is 6.73. The monoisotopic (exact) mass is 357 g/mol. The van der Waals surface area contributed by atoms with Crippen LogP contribution in [0.3, 0.4) is 0 Å². The first-order valence-corrected chi connectivity index (χ1v) is 8.10. The lowest BCUT2D eigenvalue weighted by atomic mass is 9.87. The average molecular weight is 358 g/mol. The molecular formula is C18H16ClF4N. The van der Waals surface area contributed by atoms with Crippen LogP contribution < -0.4 is 5.32 Å². The summed E-state index contributed by atoms with van der Waals surface area (Å²) >= 11 is 5.85. The van der Waals surface area contributed by atoms with Crippen LogP contribution in [-0.2, 0) is 6.18 Å². The predicted octanol–water partition coefficient (Wildman–Crippen LogP) is 5.63. The second-order valence-electron chi connectivity index (χ2n) is 6.02. The zero-order chi connectivity index (χ0) is 17.3. The van der Waals surface area contributed by atoms with E-state index in [1.165, 1.54) is 18.2 Å². The fraction of sp³-hybridized carbons (Fsp3) is 0.333. The van der Waals surface area contributed by atoms with Gasteiger partial charge < -0.3 is 5.32 Å². The van der Waals surface area contributed by atoms with Crippen LogP contribution >= 0.6 is 11.6 Å². The first kappa shape index (κ1) is 17.2. The minimum atomic E-state index is -4.45. The molecule has 2 aromatic carbocycles. The third-order valence-electron chi connectivity index (χ3n) is 4.29. The molecule has 6 heteroatoms. The summed E-state index contributed by atoms with van der Waals surface area (Å²) in [6, 6.07) is 7.79. The van der Waals surface area contributed by atoms with Crippen molar-refractivity contribution < 1.29 is 17.6 Å². The molecule has 0 saturated carbocycles. The van der Waals surface area contributed by atoms with Gasteiger partial charge in [-0.1, -0.05) is 17.7 Å². The van der Waals surface area contributed by atoms with Gasteiger partial charge in [-0.3, -0.25) is 0 Å². The Balaban J connectivity index is 2.10. The van der Waals surface area contributed by atoms with Crippen LogP contribution in [0.15, 0.2) is 36.4 Å². The van der Waals surface area contributed by atoms with Crippen molar-refractivity contribution in [3.63, 3.8) is 0 Å². The molecule has 1 heterocycles. The normalized spacial score (nSPS) is 16.4. The van der Waals surface area contributed by atoms with Gasteiger partial charge in [-0.05, 0) is 78.9 Å². The van der Waals surface area contributed by atoms with Crippen LogP contribution in [-0.4, -0.2) is 13.1 Å². The molecule has 0 bridgehead atoms. The molecule has 24 heavy (non-hydrogen) atoms. The van der Waals surface area contributed by atoms with E-state index >= 15 is 0 Å². The highest BCUT2D eigenvalue weighted by atomic mass is 35.5. The maximum absolute atomic E-state index is 13.6. The largest absolute Gasteiger partial charge is 0.416 e. The van der Waals surface area contributed by atoms with Gasteiger partial charge in [0.2, 0.25) is 0 Å². The summed E-state index contributed by atoms with van der Waals surface area (Å²) in [6.07, 6.45) is -2.88. The molecule has 0 amide bonds. The molecule has 0 aliphatic carbocycles. The van der Waals surface area contributed by atoms with E-state index in [0.717, 1.165) is 38.1 Å². The van der Waals surface area contributed by atoms with Crippen LogP contribution in [0.25, 0.3) is 11.1 Å². The number of halogens is 5. The Morgan fingerprint density at radius 2 is 1.58 bits per heavy atom. The van der Waals surface area contributed by atoms with E-state index in [1.807, 2.05) is 0 Å². The van der Waals surface area contributed by atoms with E-state index < -0.39 is 17.6 Å². The number of piperidine rings is 1. The Hall–Kier alpha value is -1.59. The number of nitrogens with one attached hydrogen (secondary N) is 1. The Morgan fingerprint density at radius 3 is 2.21 bits per heavy atom. The van der Waals surface area contributed by atoms with Crippen molar-refractivity contribution in [1.82, 2.24) is 5.32 Å². The summed E-state index contributed by atoms with van der Waals surface area (Å²) in [7, 11) is 0. The van der Waals surface area contributed by atoms with Crippen LogP contribution in [0.2, 0.25) is 5.02 Å². The van der Waals surface area contributed by atoms with Crippen LogP contribution in [0.4, 0.5) is 17.6 Å². The van der Waals surface area contributed by atoms with Gasteiger partial charge in [0.25, 0.3) is 0 Å². The first-order chi connectivity index (χ1) is 11.3. The summed E-state index contributed by atoms with van der Waals surface area (Å²) in [5.41, 5.74) is 0.608. The zero-order valence-electron chi connectivity index (χ0n) is 12.8. The standard InChI is InChI=1S/C18H16ClF4N/c19-16-8-14(9-17(20)10-16)13-5-12(11-1-3-24-4-2-11)6-15(7-13)18(21,22)23/h5-11,24H,1-4H2. The van der Waals surface area contributed by atoms with Gasteiger partial charge in [0, 0.05) is 5.02 Å². The topological polar surface area (TPSA) is 12.0 Å². The zero-order valence-corrected chi connectivity index (χ0v) is 13.5. The van der Waals surface area contributed by atoms with Gasteiger partial charge in [-0.2, -0.15) is 13.2 Å². The third-order valence-corrected chi connectivity index (χ3v) is 4.51. The average Bonchev–Trinajstić information content (AvgIpc) is 2.53. The van der Waals surface area contributed by atoms with E-state index in [2.05, 4.69) is 5.32 Å². The minimum absolute atomic E-state index is 0.0660. The lowest BCUT2D eigenvalue weighted by Crippen LogP contribution is -2.26. The van der Waals surface area contributed by atoms with E-state index in [-0.39, 0.29) is 10.9 Å². The maximum Gasteiger partial charge on any atom is 0.416 e. The Bertz CT molecular complexity index is 716. The van der Waals surface area contributed by atoms with Gasteiger partial charge in [-0.25, -0.2) is 4.39 Å². The quantitative estimate of drug-likeness (QED) is 0.687. The molecule has 1 nitrogen and oxygen atoms in total. The van der Waals surface area contributed by atoms with Crippen LogP contribution in [0, 0.1) is 5.82 Å². The molecule has 0 spiro atoms. The summed E-state index contributed by atoms with van der Waals surface area (Å²) in [5, 5.41) is 3.36. The van der Waals surface area contributed by atoms with Crippen LogP contribution in [0.5, 0.6) is 0 Å². The maximum atomic E-state index is 13.6. The number of rotatable bonds is 2. The van der Waals surface area contributed by atoms with Crippen molar-refractivity contribution in [2.24, 2.45) is 0 Å². The summed E-state index contributed by atoms with van der Waals surface area (Å²) in [5.74, 6) is -0.505. The van der Waals surface area contributed by atoms with Gasteiger partial charge in [0.05, 0.1) is 5.56 Å². The SMILES string of the molecule is Fc1cc(Cl)cc(-c2cc(C3CCNCC3)cc(C(F)(F)F)c2)c1. The Labute approximate surface area is 142 Å². The molecule has 0 radical (unpaired) electrons. The molecule has 1 aliphatic heterocycles. The highest BCUT2D eigenvalue weighted by molar-refractivity contribution is 6.30. The molecular weight excluding hydrogens is 342 g/mol. The van der Waals surface area contributed by atoms with E-state index in [1.54, 1.807) is 6.07 Å². The number of benzene rings is 2. The number of alkyl halides is 3. The molecule has 0 aromatic heterocycles. The van der Waals surface area contributed by atoms with Gasteiger partial charge >= 0.3 is 6.18 Å². The van der Waals surface area contributed by atoms with E-state index in [4.69, 9.17) is 11.6 Å². The Morgan fingerprint density at radius 1 is 0.917 bits per heavy atom. The second-order valence-corrected chi connectivity index (χ2v) is 6.46. The molecule has 1 saturated heterocycles. The summed E-state index contributed by atoms with van der Waals surface area (Å²) in [6.45, 7) is 1.56. The highest BCUT2D eigenvalue weighted by Gasteiger charge is 2.32. The van der Waals surface area contributed by atoms with E-state index in [9.17, 15) is 17.6 Å². The van der Waals surface area contributed by atoms with Crippen LogP contribution in [0.1, 0.15) is 29.9 Å². The molecule has 0 unspecified atom stereocenters. The molecule has 1 N–H and O–H groups in total. The fourth-order valence-electron chi connectivity index (χ4n) is 3.09. The molecule has 2 aromatic rings. The van der Waals surface area contributed by atoms with Crippen molar-refractivity contribution in [2.75, 3.05) is 13.1 Å². The van der Waals surface area contributed by atoms with Crippen molar-refractivity contribution in [3.05, 3.63) is 58.4 Å². The van der Waals surface area contributed by atoms with Crippen molar-refractivity contribution in [1.29, 1.82) is 0 Å². The van der Waals surface area contributed by atoms with Gasteiger partial charge in [0.1, 0.15) is 5.82 Å². The minimum Gasteiger partial charge on any atom is -0.317 e. The molecule has 1 aliphatic rings. The summed E-state index contributed by atoms with van der Waals surface area (Å²) < 4.78 is 53.4. The molecule has 1 fully saturated rings. The molecule has 0 atom stereocenters. The summed E-state index contributed by atoms with van der Waals surface area (Å²) in [4.78, 5) is 0. The fourth-order valence-corrected chi connectivity index (χ4v) is 3.32. The van der Waals surface area contributed by atoms with Crippen molar-refractivity contribution in [3.8, 4) is 11.1 Å². The number of hydrogen-bond donors (Lipinski definition) is 1. The van der Waals surface area contributed by atoms with Gasteiger partial charge in [-0.15, -0.1) is 0 Å². The van der Waals surface area contributed by atoms with Crippen molar-refractivity contribution in [2.45, 2.75) is 24.9 Å². The molecule has 3 rings (SSSR count). The molecule has 128 valence electrons. The number of hydrogen-bond acceptors (Lipinski definition) is 1. The van der Waals surface area contributed by atoms with Gasteiger partial charge in [0.15, 0.2) is 0 Å². The predicted molar refractivity (Wildman–Crippen MR) is 86.7 cm³/mol.